The van der Waals surface area contributed by atoms with E-state index in [2.05, 4.69) is 29.7 Å². The molecule has 0 bridgehead atoms. The maximum atomic E-state index is 14.7. The predicted octanol–water partition coefficient (Wildman–Crippen LogP) is 7.26. The molecule has 1 unspecified atom stereocenters. The number of fused-ring (bicyclic) bond motifs is 1. The Bertz CT molecular complexity index is 1400. The number of nitrogens with zero attached hydrogens (tertiary/aromatic N) is 2. The summed E-state index contributed by atoms with van der Waals surface area (Å²) >= 11 is -1.62. The number of halogens is 4. The van der Waals surface area contributed by atoms with E-state index in [-0.39, 0.29) is 62.8 Å². The minimum absolute atomic E-state index is 0.0678. The molecule has 2 heterocycles. The van der Waals surface area contributed by atoms with E-state index in [1.807, 2.05) is 22.8 Å². The molecule has 264 valence electrons. The zero-order valence-electron chi connectivity index (χ0n) is 28.3. The fourth-order valence-corrected chi connectivity index (χ4v) is 7.80. The van der Waals surface area contributed by atoms with Crippen LogP contribution in [-0.4, -0.2) is 64.0 Å². The van der Waals surface area contributed by atoms with Crippen molar-refractivity contribution < 1.29 is 36.4 Å². The molecular formula is C33H50F4N4O4SSi. The first-order valence-corrected chi connectivity index (χ1v) is 21.6. The number of rotatable bonds is 14. The molecule has 1 saturated heterocycles. The molecule has 8 nitrogen and oxygen atoms in total. The number of hydrogen-bond acceptors (Lipinski definition) is 6. The summed E-state index contributed by atoms with van der Waals surface area (Å²) in [6.45, 7) is 12.7. The fourth-order valence-electron chi connectivity index (χ4n) is 6.20. The maximum absolute atomic E-state index is 14.7. The van der Waals surface area contributed by atoms with Gasteiger partial charge in [-0.2, -0.15) is 0 Å². The van der Waals surface area contributed by atoms with Crippen molar-refractivity contribution in [2.75, 3.05) is 13.2 Å². The van der Waals surface area contributed by atoms with Crippen LogP contribution < -0.4 is 10.0 Å². The number of hydrogen-bond donors (Lipinski definition) is 2. The van der Waals surface area contributed by atoms with Gasteiger partial charge < -0.3 is 23.9 Å². The van der Waals surface area contributed by atoms with Gasteiger partial charge in [-0.1, -0.05) is 25.7 Å². The Balaban J connectivity index is 1.49. The van der Waals surface area contributed by atoms with Crippen molar-refractivity contribution in [2.45, 2.75) is 133 Å². The second-order valence-corrected chi connectivity index (χ2v) is 23.5. The summed E-state index contributed by atoms with van der Waals surface area (Å²) in [4.78, 5) is 17.9. The molecule has 5 rings (SSSR count). The Morgan fingerprint density at radius 1 is 1.15 bits per heavy atom. The molecule has 4 atom stereocenters. The molecule has 1 amide bonds. The van der Waals surface area contributed by atoms with Crippen LogP contribution in [0.25, 0.3) is 11.0 Å². The smallest absolute Gasteiger partial charge is 0.252 e. The monoisotopic (exact) mass is 702 g/mol. The topological polar surface area (TPSA) is 100 Å². The summed E-state index contributed by atoms with van der Waals surface area (Å²) in [5.74, 6) is -5.55. The van der Waals surface area contributed by atoms with Crippen molar-refractivity contribution in [3.63, 3.8) is 0 Å². The zero-order valence-corrected chi connectivity index (χ0v) is 30.2. The summed E-state index contributed by atoms with van der Waals surface area (Å²) in [5.41, 5.74) is 2.15. The first-order chi connectivity index (χ1) is 21.8. The van der Waals surface area contributed by atoms with Gasteiger partial charge in [-0.3, -0.25) is 4.79 Å². The van der Waals surface area contributed by atoms with Crippen LogP contribution >= 0.6 is 0 Å². The lowest BCUT2D eigenvalue weighted by Crippen LogP contribution is -2.49. The minimum atomic E-state index is -2.94. The number of aromatic nitrogens is 2. The Morgan fingerprint density at radius 3 is 2.45 bits per heavy atom. The summed E-state index contributed by atoms with van der Waals surface area (Å²) < 4.78 is 86.0. The van der Waals surface area contributed by atoms with Crippen molar-refractivity contribution in [3.05, 3.63) is 29.6 Å². The number of nitrogens with one attached hydrogen (secondary N) is 2. The molecule has 1 aliphatic heterocycles. The second-order valence-electron chi connectivity index (χ2n) is 15.9. The molecule has 1 aromatic heterocycles. The molecular weight excluding hydrogens is 653 g/mol. The summed E-state index contributed by atoms with van der Waals surface area (Å²) in [5, 5.41) is 3.11. The lowest BCUT2D eigenvalue weighted by Gasteiger charge is -2.36. The van der Waals surface area contributed by atoms with E-state index >= 15 is 0 Å². The van der Waals surface area contributed by atoms with E-state index < -0.39 is 54.6 Å². The largest absolute Gasteiger partial charge is 0.598 e. The Labute approximate surface area is 279 Å². The molecule has 1 aromatic carbocycles. The lowest BCUT2D eigenvalue weighted by atomic mass is 9.79. The minimum Gasteiger partial charge on any atom is -0.598 e. The summed E-state index contributed by atoms with van der Waals surface area (Å²) in [6, 6.07) is 5.40. The summed E-state index contributed by atoms with van der Waals surface area (Å²) in [7, 11) is -1.41. The highest BCUT2D eigenvalue weighted by molar-refractivity contribution is 7.90. The molecule has 2 N–H and O–H groups in total. The van der Waals surface area contributed by atoms with E-state index in [1.54, 1.807) is 20.8 Å². The van der Waals surface area contributed by atoms with E-state index in [9.17, 15) is 26.9 Å². The predicted molar refractivity (Wildman–Crippen MR) is 177 cm³/mol. The van der Waals surface area contributed by atoms with Crippen molar-refractivity contribution in [1.82, 2.24) is 19.6 Å². The molecule has 0 spiro atoms. The van der Waals surface area contributed by atoms with Crippen LogP contribution in [0.3, 0.4) is 0 Å². The molecule has 14 heteroatoms. The van der Waals surface area contributed by atoms with Crippen molar-refractivity contribution in [3.8, 4) is 0 Å². The number of carbonyl (C=O) groups excluding carboxylic acids is 1. The number of imidazole rings is 1. The van der Waals surface area contributed by atoms with Crippen LogP contribution in [0.15, 0.2) is 18.2 Å². The Kier molecular flexibility index (Phi) is 10.8. The number of carbonyl (C=O) groups is 1. The number of benzene rings is 1. The molecule has 2 aromatic rings. The quantitative estimate of drug-likeness (QED) is 0.0931. The van der Waals surface area contributed by atoms with Gasteiger partial charge >= 0.3 is 0 Å². The van der Waals surface area contributed by atoms with Gasteiger partial charge in [0.1, 0.15) is 23.3 Å². The van der Waals surface area contributed by atoms with Crippen LogP contribution in [-0.2, 0) is 32.4 Å². The first kappa shape index (κ1) is 36.6. The Morgan fingerprint density at radius 2 is 1.85 bits per heavy atom. The van der Waals surface area contributed by atoms with Crippen molar-refractivity contribution in [1.29, 1.82) is 0 Å². The lowest BCUT2D eigenvalue weighted by molar-refractivity contribution is -0.136. The van der Waals surface area contributed by atoms with Gasteiger partial charge in [-0.15, -0.1) is 4.72 Å². The highest BCUT2D eigenvalue weighted by Crippen LogP contribution is 2.45. The second kappa shape index (κ2) is 13.9. The van der Waals surface area contributed by atoms with E-state index in [4.69, 9.17) is 14.5 Å². The average molecular weight is 703 g/mol. The third-order valence-corrected chi connectivity index (χ3v) is 12.5. The third kappa shape index (κ3) is 9.71. The third-order valence-electron chi connectivity index (χ3n) is 9.18. The number of ether oxygens (including phenoxy) is 2. The maximum Gasteiger partial charge on any atom is 0.252 e. The fraction of sp³-hybridized carbons (Fsp3) is 0.758. The highest BCUT2D eigenvalue weighted by atomic mass is 32.2. The first-order valence-electron chi connectivity index (χ1n) is 16.7. The van der Waals surface area contributed by atoms with Crippen LogP contribution in [0.5, 0.6) is 0 Å². The van der Waals surface area contributed by atoms with Crippen LogP contribution in [0.2, 0.25) is 25.7 Å². The van der Waals surface area contributed by atoms with Gasteiger partial charge in [0, 0.05) is 58.1 Å². The normalized spacial score (nSPS) is 23.7. The van der Waals surface area contributed by atoms with Gasteiger partial charge in [0.2, 0.25) is 11.8 Å². The van der Waals surface area contributed by atoms with Gasteiger partial charge in [-0.25, -0.2) is 22.5 Å². The van der Waals surface area contributed by atoms with Crippen molar-refractivity contribution in [2.24, 2.45) is 11.8 Å². The average Bonchev–Trinajstić information content (AvgIpc) is 3.71. The number of amides is 1. The molecule has 47 heavy (non-hydrogen) atoms. The standard InChI is InChI=1S/C33H50F4N4O4SSi/c1-31(2,3)46(43)40-29(26-19-32(34,35)11-12-45-26)30-38-24-10-9-23(16-25(24)41(30)20-44-13-14-47(4,5)6)28(22-7-8-22)39-27(42)15-21-17-33(36,37)18-21/h9-10,16,21-22,26,28-29,40H,7-8,11-15,17-20H2,1-6H3,(H,39,42)/t26-,28+,29-,46?/m0/s1. The van der Waals surface area contributed by atoms with Gasteiger partial charge in [0.05, 0.1) is 29.8 Å². The van der Waals surface area contributed by atoms with E-state index in [1.165, 1.54) is 0 Å². The molecule has 3 aliphatic rings. The van der Waals surface area contributed by atoms with Gasteiger partial charge in [-0.05, 0) is 69.2 Å². The highest BCUT2D eigenvalue weighted by Gasteiger charge is 2.47. The van der Waals surface area contributed by atoms with E-state index in [0.29, 0.717) is 23.5 Å². The van der Waals surface area contributed by atoms with Crippen LogP contribution in [0.4, 0.5) is 17.6 Å². The zero-order chi connectivity index (χ0) is 34.4. The Hall–Kier alpha value is -1.71. The van der Waals surface area contributed by atoms with Crippen molar-refractivity contribution >= 4 is 36.4 Å². The van der Waals surface area contributed by atoms with Crippen LogP contribution in [0.1, 0.15) is 89.2 Å². The van der Waals surface area contributed by atoms with Gasteiger partial charge in [0.25, 0.3) is 5.92 Å². The van der Waals surface area contributed by atoms with Gasteiger partial charge in [0.15, 0.2) is 0 Å². The van der Waals surface area contributed by atoms with Crippen LogP contribution in [0, 0.1) is 11.8 Å². The summed E-state index contributed by atoms with van der Waals surface area (Å²) in [6.07, 6.45) is -0.482. The number of alkyl halides is 4. The molecule has 2 aliphatic carbocycles. The molecule has 2 saturated carbocycles. The molecule has 3 fully saturated rings. The van der Waals surface area contributed by atoms with E-state index in [0.717, 1.165) is 24.4 Å². The SMILES string of the molecule is CC(C)(C)[S+]([O-])N[C@H](c1nc2ccc([C@H](NC(=O)CC3CC(F)(F)C3)C3CC3)cc2n1COCC[Si](C)(C)C)[C@@H]1CC(F)(F)CCO1. The molecule has 0 radical (unpaired) electrons.